The second kappa shape index (κ2) is 6.93. The Kier molecular flexibility index (Phi) is 4.84. The van der Waals surface area contributed by atoms with Crippen molar-refractivity contribution in [2.24, 2.45) is 0 Å². The quantitative estimate of drug-likeness (QED) is 0.901. The minimum absolute atomic E-state index is 0.102. The van der Waals surface area contributed by atoms with Gasteiger partial charge >= 0.3 is 6.09 Å². The molecule has 1 saturated heterocycles. The first-order valence-electron chi connectivity index (χ1n) is 8.55. The van der Waals surface area contributed by atoms with Crippen LogP contribution in [0.15, 0.2) is 18.2 Å². The maximum Gasteiger partial charge on any atom is 0.410 e. The number of methoxy groups -OCH3 is 1. The zero-order valence-electron chi connectivity index (χ0n) is 15.4. The first-order valence-corrected chi connectivity index (χ1v) is 8.55. The number of nitrogens with one attached hydrogen (secondary N) is 1. The van der Waals surface area contributed by atoms with E-state index in [-0.39, 0.29) is 17.9 Å². The van der Waals surface area contributed by atoms with Crippen LogP contribution in [0.25, 0.3) is 11.4 Å². The molecule has 0 bridgehead atoms. The molecular formula is C18H23FN4O3. The predicted molar refractivity (Wildman–Crippen MR) is 93.2 cm³/mol. The van der Waals surface area contributed by atoms with Crippen LogP contribution in [0, 0.1) is 5.82 Å². The average molecular weight is 362 g/mol. The van der Waals surface area contributed by atoms with Crippen molar-refractivity contribution >= 4 is 6.09 Å². The van der Waals surface area contributed by atoms with Crippen molar-refractivity contribution in [3.63, 3.8) is 0 Å². The molecule has 7 nitrogen and oxygen atoms in total. The molecule has 2 heterocycles. The SMILES string of the molecule is COc1c(F)cccc1-c1nnc(C2CCCN2C(=O)OC(C)(C)C)[nH]1. The van der Waals surface area contributed by atoms with Gasteiger partial charge in [0.2, 0.25) is 0 Å². The zero-order chi connectivity index (χ0) is 18.9. The van der Waals surface area contributed by atoms with Crippen molar-refractivity contribution in [2.45, 2.75) is 45.3 Å². The highest BCUT2D eigenvalue weighted by molar-refractivity contribution is 5.69. The number of hydrogen-bond acceptors (Lipinski definition) is 5. The molecule has 2 aromatic rings. The Morgan fingerprint density at radius 2 is 2.12 bits per heavy atom. The molecule has 26 heavy (non-hydrogen) atoms. The van der Waals surface area contributed by atoms with Crippen LogP contribution in [-0.4, -0.2) is 45.4 Å². The fourth-order valence-electron chi connectivity index (χ4n) is 3.04. The number of H-pyrrole nitrogens is 1. The summed E-state index contributed by atoms with van der Waals surface area (Å²) < 4.78 is 24.5. The van der Waals surface area contributed by atoms with Crippen LogP contribution in [0.4, 0.5) is 9.18 Å². The number of hydrogen-bond donors (Lipinski definition) is 1. The third-order valence-electron chi connectivity index (χ3n) is 4.13. The summed E-state index contributed by atoms with van der Waals surface area (Å²) >= 11 is 0. The highest BCUT2D eigenvalue weighted by Crippen LogP contribution is 2.34. The lowest BCUT2D eigenvalue weighted by molar-refractivity contribution is 0.0218. The summed E-state index contributed by atoms with van der Waals surface area (Å²) in [5, 5.41) is 8.29. The molecule has 1 aliphatic rings. The minimum atomic E-state index is -0.564. The maximum atomic E-state index is 13.9. The smallest absolute Gasteiger partial charge is 0.410 e. The van der Waals surface area contributed by atoms with Gasteiger partial charge in [-0.3, -0.25) is 4.90 Å². The van der Waals surface area contributed by atoms with Crippen LogP contribution in [0.2, 0.25) is 0 Å². The number of para-hydroxylation sites is 1. The molecule has 0 radical (unpaired) electrons. The van der Waals surface area contributed by atoms with Crippen LogP contribution in [-0.2, 0) is 4.74 Å². The Bertz CT molecular complexity index is 800. The number of amides is 1. The van der Waals surface area contributed by atoms with Crippen molar-refractivity contribution < 1.29 is 18.7 Å². The van der Waals surface area contributed by atoms with E-state index in [2.05, 4.69) is 15.2 Å². The molecule has 1 aromatic carbocycles. The summed E-state index contributed by atoms with van der Waals surface area (Å²) in [7, 11) is 1.40. The van der Waals surface area contributed by atoms with E-state index >= 15 is 0 Å². The summed E-state index contributed by atoms with van der Waals surface area (Å²) in [5.41, 5.74) is -0.0841. The number of rotatable bonds is 3. The molecule has 1 atom stereocenters. The molecule has 0 spiro atoms. The monoisotopic (exact) mass is 362 g/mol. The van der Waals surface area contributed by atoms with Crippen LogP contribution in [0.3, 0.4) is 0 Å². The Labute approximate surface area is 151 Å². The van der Waals surface area contributed by atoms with Gasteiger partial charge in [-0.05, 0) is 45.7 Å². The third kappa shape index (κ3) is 3.63. The first-order chi connectivity index (χ1) is 12.3. The summed E-state index contributed by atoms with van der Waals surface area (Å²) in [5.74, 6) is 0.576. The zero-order valence-corrected chi connectivity index (χ0v) is 15.4. The number of benzene rings is 1. The highest BCUT2D eigenvalue weighted by atomic mass is 19.1. The molecule has 1 unspecified atom stereocenters. The highest BCUT2D eigenvalue weighted by Gasteiger charge is 2.35. The number of aromatic amines is 1. The lowest BCUT2D eigenvalue weighted by Gasteiger charge is -2.27. The van der Waals surface area contributed by atoms with Gasteiger partial charge in [-0.2, -0.15) is 0 Å². The molecule has 140 valence electrons. The summed E-state index contributed by atoms with van der Waals surface area (Å²) in [4.78, 5) is 17.2. The Morgan fingerprint density at radius 1 is 1.35 bits per heavy atom. The molecule has 1 fully saturated rings. The lowest BCUT2D eigenvalue weighted by Crippen LogP contribution is -2.36. The second-order valence-electron chi connectivity index (χ2n) is 7.21. The Morgan fingerprint density at radius 3 is 2.81 bits per heavy atom. The van der Waals surface area contributed by atoms with Gasteiger partial charge in [0.1, 0.15) is 5.60 Å². The van der Waals surface area contributed by atoms with E-state index in [9.17, 15) is 9.18 Å². The van der Waals surface area contributed by atoms with Crippen LogP contribution >= 0.6 is 0 Å². The first kappa shape index (κ1) is 18.2. The van der Waals surface area contributed by atoms with E-state index in [0.717, 1.165) is 12.8 Å². The number of likely N-dealkylation sites (tertiary alicyclic amines) is 1. The van der Waals surface area contributed by atoms with Gasteiger partial charge in [0.05, 0.1) is 18.7 Å². The Hall–Kier alpha value is -2.64. The molecule has 0 aliphatic carbocycles. The van der Waals surface area contributed by atoms with Crippen molar-refractivity contribution in [3.8, 4) is 17.1 Å². The molecule has 1 aliphatic heterocycles. The average Bonchev–Trinajstić information content (AvgIpc) is 3.22. The number of halogens is 1. The van der Waals surface area contributed by atoms with Gasteiger partial charge in [0.15, 0.2) is 23.2 Å². The van der Waals surface area contributed by atoms with Crippen molar-refractivity contribution in [1.82, 2.24) is 20.1 Å². The number of carbonyl (C=O) groups excluding carboxylic acids is 1. The molecular weight excluding hydrogens is 339 g/mol. The minimum Gasteiger partial charge on any atom is -0.493 e. The van der Waals surface area contributed by atoms with Gasteiger partial charge < -0.3 is 14.5 Å². The molecule has 8 heteroatoms. The lowest BCUT2D eigenvalue weighted by atomic mass is 10.1. The Balaban J connectivity index is 1.85. The molecule has 0 saturated carbocycles. The standard InChI is InChI=1S/C18H23FN4O3/c1-18(2,3)26-17(24)23-10-6-9-13(23)16-20-15(21-22-16)11-7-5-8-12(19)14(11)25-4/h5,7-8,13H,6,9-10H2,1-4H3,(H,20,21,22). The van der Waals surface area contributed by atoms with E-state index in [1.807, 2.05) is 20.8 Å². The number of ether oxygens (including phenoxy) is 2. The van der Waals surface area contributed by atoms with Gasteiger partial charge in [-0.25, -0.2) is 9.18 Å². The number of aromatic nitrogens is 3. The van der Waals surface area contributed by atoms with Crippen molar-refractivity contribution in [1.29, 1.82) is 0 Å². The fraction of sp³-hybridized carbons (Fsp3) is 0.500. The van der Waals surface area contributed by atoms with E-state index in [0.29, 0.717) is 23.8 Å². The summed E-state index contributed by atoms with van der Waals surface area (Å²) in [6.07, 6.45) is 1.23. The molecule has 1 N–H and O–H groups in total. The van der Waals surface area contributed by atoms with Crippen molar-refractivity contribution in [3.05, 3.63) is 29.8 Å². The normalized spacial score (nSPS) is 17.4. The van der Waals surface area contributed by atoms with Crippen LogP contribution in [0.5, 0.6) is 5.75 Å². The summed E-state index contributed by atoms with van der Waals surface area (Å²) in [6, 6.07) is 4.36. The second-order valence-corrected chi connectivity index (χ2v) is 7.21. The van der Waals surface area contributed by atoms with Gasteiger partial charge in [-0.1, -0.05) is 6.07 Å². The van der Waals surface area contributed by atoms with E-state index in [4.69, 9.17) is 9.47 Å². The molecule has 1 aromatic heterocycles. The molecule has 1 amide bonds. The fourth-order valence-corrected chi connectivity index (χ4v) is 3.04. The van der Waals surface area contributed by atoms with Gasteiger partial charge in [0.25, 0.3) is 0 Å². The maximum absolute atomic E-state index is 13.9. The largest absolute Gasteiger partial charge is 0.493 e. The molecule has 3 rings (SSSR count). The summed E-state index contributed by atoms with van der Waals surface area (Å²) in [6.45, 7) is 6.09. The van der Waals surface area contributed by atoms with Crippen LogP contribution < -0.4 is 4.74 Å². The van der Waals surface area contributed by atoms with E-state index in [1.54, 1.807) is 17.0 Å². The topological polar surface area (TPSA) is 80.3 Å². The van der Waals surface area contributed by atoms with Gasteiger partial charge in [0, 0.05) is 6.54 Å². The van der Waals surface area contributed by atoms with Crippen LogP contribution in [0.1, 0.15) is 45.5 Å². The predicted octanol–water partition coefficient (Wildman–Crippen LogP) is 3.69. The van der Waals surface area contributed by atoms with E-state index in [1.165, 1.54) is 13.2 Å². The van der Waals surface area contributed by atoms with E-state index < -0.39 is 11.4 Å². The third-order valence-corrected chi connectivity index (χ3v) is 4.13. The number of carbonyl (C=O) groups is 1. The van der Waals surface area contributed by atoms with Gasteiger partial charge in [-0.15, -0.1) is 10.2 Å². The van der Waals surface area contributed by atoms with Crippen molar-refractivity contribution in [2.75, 3.05) is 13.7 Å². The number of nitrogens with zero attached hydrogens (tertiary/aromatic N) is 3.